The third-order valence-electron chi connectivity index (χ3n) is 5.65. The molecule has 28 heavy (non-hydrogen) atoms. The lowest BCUT2D eigenvalue weighted by molar-refractivity contribution is 0.279. The van der Waals surface area contributed by atoms with Crippen LogP contribution in [0.5, 0.6) is 0 Å². The Bertz CT molecular complexity index is 988. The van der Waals surface area contributed by atoms with Crippen LogP contribution in [0.3, 0.4) is 0 Å². The highest BCUT2D eigenvalue weighted by molar-refractivity contribution is 5.76. The molecule has 148 valence electrons. The van der Waals surface area contributed by atoms with E-state index in [4.69, 9.17) is 5.11 Å². The van der Waals surface area contributed by atoms with Gasteiger partial charge in [-0.1, -0.05) is 30.3 Å². The van der Waals surface area contributed by atoms with Crippen molar-refractivity contribution in [1.82, 2.24) is 9.24 Å². The SMILES string of the molecule is O=c1n(CCCO)c2cc(F)ccc2n1N1CCC(Cc2ccccc2)CC1. The number of hydrogen-bond donors (Lipinski definition) is 1. The van der Waals surface area contributed by atoms with Gasteiger partial charge in [0.25, 0.3) is 0 Å². The number of fused-ring (bicyclic) bond motifs is 1. The molecule has 0 unspecified atom stereocenters. The van der Waals surface area contributed by atoms with E-state index in [0.29, 0.717) is 24.4 Å². The summed E-state index contributed by atoms with van der Waals surface area (Å²) in [6, 6.07) is 15.0. The summed E-state index contributed by atoms with van der Waals surface area (Å²) in [5.74, 6) is 0.249. The molecular formula is C22H26FN3O2. The number of nitrogens with zero attached hydrogens (tertiary/aromatic N) is 3. The van der Waals surface area contributed by atoms with Gasteiger partial charge in [-0.15, -0.1) is 0 Å². The average molecular weight is 383 g/mol. The Morgan fingerprint density at radius 2 is 1.79 bits per heavy atom. The molecule has 1 aliphatic rings. The highest BCUT2D eigenvalue weighted by Crippen LogP contribution is 2.23. The zero-order chi connectivity index (χ0) is 19.5. The highest BCUT2D eigenvalue weighted by Gasteiger charge is 2.24. The topological polar surface area (TPSA) is 50.4 Å². The lowest BCUT2D eigenvalue weighted by Crippen LogP contribution is -2.47. The van der Waals surface area contributed by atoms with E-state index >= 15 is 0 Å². The minimum atomic E-state index is -0.357. The molecule has 0 radical (unpaired) electrons. The first-order chi connectivity index (χ1) is 13.7. The van der Waals surface area contributed by atoms with Gasteiger partial charge in [0.1, 0.15) is 5.82 Å². The molecule has 6 heteroatoms. The first-order valence-electron chi connectivity index (χ1n) is 9.98. The van der Waals surface area contributed by atoms with Crippen LogP contribution >= 0.6 is 0 Å². The van der Waals surface area contributed by atoms with E-state index in [-0.39, 0.29) is 18.1 Å². The van der Waals surface area contributed by atoms with Crippen molar-refractivity contribution < 1.29 is 9.50 Å². The second kappa shape index (κ2) is 8.19. The molecule has 0 bridgehead atoms. The van der Waals surface area contributed by atoms with Crippen molar-refractivity contribution in [3.8, 4) is 0 Å². The fourth-order valence-corrected chi connectivity index (χ4v) is 4.20. The number of aromatic nitrogens is 2. The highest BCUT2D eigenvalue weighted by atomic mass is 19.1. The molecule has 2 heterocycles. The van der Waals surface area contributed by atoms with Crippen LogP contribution < -0.4 is 10.7 Å². The quantitative estimate of drug-likeness (QED) is 0.712. The zero-order valence-corrected chi connectivity index (χ0v) is 15.9. The molecule has 1 saturated heterocycles. The maximum Gasteiger partial charge on any atom is 0.347 e. The van der Waals surface area contributed by atoms with Crippen molar-refractivity contribution >= 4 is 11.0 Å². The number of rotatable bonds is 6. The van der Waals surface area contributed by atoms with Crippen LogP contribution in [0.1, 0.15) is 24.8 Å². The van der Waals surface area contributed by atoms with Gasteiger partial charge in [0.15, 0.2) is 0 Å². The first kappa shape index (κ1) is 18.7. The van der Waals surface area contributed by atoms with Crippen LogP contribution in [0.25, 0.3) is 11.0 Å². The molecule has 0 spiro atoms. The number of aryl methyl sites for hydroxylation is 1. The van der Waals surface area contributed by atoms with Crippen LogP contribution in [-0.2, 0) is 13.0 Å². The van der Waals surface area contributed by atoms with E-state index in [1.165, 1.54) is 17.7 Å². The van der Waals surface area contributed by atoms with E-state index in [0.717, 1.165) is 37.9 Å². The van der Waals surface area contributed by atoms with Gasteiger partial charge in [0.2, 0.25) is 0 Å². The third-order valence-corrected chi connectivity index (χ3v) is 5.65. The summed E-state index contributed by atoms with van der Waals surface area (Å²) < 4.78 is 17.1. The van der Waals surface area contributed by atoms with Gasteiger partial charge in [-0.25, -0.2) is 13.9 Å². The van der Waals surface area contributed by atoms with E-state index in [9.17, 15) is 9.18 Å². The molecule has 3 aromatic rings. The molecule has 1 fully saturated rings. The Balaban J connectivity index is 1.56. The monoisotopic (exact) mass is 383 g/mol. The van der Waals surface area contributed by atoms with Crippen molar-refractivity contribution in [2.45, 2.75) is 32.2 Å². The Hall–Kier alpha value is -2.60. The predicted octanol–water partition coefficient (Wildman–Crippen LogP) is 2.92. The van der Waals surface area contributed by atoms with Gasteiger partial charge >= 0.3 is 5.69 Å². The molecule has 1 aliphatic heterocycles. The number of imidazole rings is 1. The number of piperidine rings is 1. The summed E-state index contributed by atoms with van der Waals surface area (Å²) in [5, 5.41) is 11.2. The maximum atomic E-state index is 13.8. The maximum absolute atomic E-state index is 13.8. The van der Waals surface area contributed by atoms with Gasteiger partial charge in [0.05, 0.1) is 11.0 Å². The predicted molar refractivity (Wildman–Crippen MR) is 109 cm³/mol. The Labute approximate surface area is 163 Å². The fraction of sp³-hybridized carbons (Fsp3) is 0.409. The molecule has 4 rings (SSSR count). The fourth-order valence-electron chi connectivity index (χ4n) is 4.20. The van der Waals surface area contributed by atoms with Crippen LogP contribution in [0, 0.1) is 11.7 Å². The van der Waals surface area contributed by atoms with Crippen LogP contribution in [0.4, 0.5) is 4.39 Å². The number of hydrogen-bond acceptors (Lipinski definition) is 3. The largest absolute Gasteiger partial charge is 0.396 e. The van der Waals surface area contributed by atoms with Gasteiger partial charge in [0, 0.05) is 26.2 Å². The van der Waals surface area contributed by atoms with Crippen molar-refractivity contribution in [2.24, 2.45) is 5.92 Å². The Morgan fingerprint density at radius 3 is 2.50 bits per heavy atom. The number of halogens is 1. The second-order valence-electron chi connectivity index (χ2n) is 7.54. The van der Waals surface area contributed by atoms with E-state index in [1.807, 2.05) is 6.07 Å². The Morgan fingerprint density at radius 1 is 1.04 bits per heavy atom. The summed E-state index contributed by atoms with van der Waals surface area (Å²) in [7, 11) is 0. The van der Waals surface area contributed by atoms with Crippen molar-refractivity contribution in [2.75, 3.05) is 24.7 Å². The number of benzene rings is 2. The molecule has 5 nitrogen and oxygen atoms in total. The smallest absolute Gasteiger partial charge is 0.347 e. The molecular weight excluding hydrogens is 357 g/mol. The van der Waals surface area contributed by atoms with Gasteiger partial charge in [-0.3, -0.25) is 4.57 Å². The summed E-state index contributed by atoms with van der Waals surface area (Å²) in [4.78, 5) is 13.1. The second-order valence-corrected chi connectivity index (χ2v) is 7.54. The average Bonchev–Trinajstić information content (AvgIpc) is 2.98. The lowest BCUT2D eigenvalue weighted by Gasteiger charge is -2.33. The minimum absolute atomic E-state index is 0.000685. The summed E-state index contributed by atoms with van der Waals surface area (Å²) >= 11 is 0. The molecule has 1 aromatic heterocycles. The molecule has 0 atom stereocenters. The van der Waals surface area contributed by atoms with Crippen LogP contribution in [0.15, 0.2) is 53.3 Å². The van der Waals surface area contributed by atoms with Crippen molar-refractivity contribution in [3.63, 3.8) is 0 Å². The molecule has 0 amide bonds. The number of aliphatic hydroxyl groups is 1. The first-order valence-corrected chi connectivity index (χ1v) is 9.98. The third kappa shape index (κ3) is 3.69. The Kier molecular flexibility index (Phi) is 5.48. The van der Waals surface area contributed by atoms with E-state index in [2.05, 4.69) is 29.3 Å². The summed E-state index contributed by atoms with van der Waals surface area (Å²) in [6.07, 6.45) is 3.57. The van der Waals surface area contributed by atoms with Gasteiger partial charge in [-0.2, -0.15) is 0 Å². The molecule has 2 aromatic carbocycles. The van der Waals surface area contributed by atoms with E-state index < -0.39 is 0 Å². The summed E-state index contributed by atoms with van der Waals surface area (Å²) in [5.41, 5.74) is 2.51. The minimum Gasteiger partial charge on any atom is -0.396 e. The normalized spacial score (nSPS) is 15.4. The standard InChI is InChI=1S/C22H26FN3O2/c23-19-7-8-20-21(16-19)25(11-4-14-27)22(28)26(20)24-12-9-18(10-13-24)15-17-5-2-1-3-6-17/h1-3,5-8,16,18,27H,4,9-15H2. The molecule has 1 N–H and O–H groups in total. The summed E-state index contributed by atoms with van der Waals surface area (Å²) in [6.45, 7) is 1.98. The van der Waals surface area contributed by atoms with Crippen LogP contribution in [0.2, 0.25) is 0 Å². The lowest BCUT2D eigenvalue weighted by atomic mass is 9.91. The zero-order valence-electron chi connectivity index (χ0n) is 15.9. The van der Waals surface area contributed by atoms with Gasteiger partial charge < -0.3 is 10.1 Å². The number of aliphatic hydroxyl groups excluding tert-OH is 1. The van der Waals surface area contributed by atoms with E-state index in [1.54, 1.807) is 15.3 Å². The van der Waals surface area contributed by atoms with Crippen molar-refractivity contribution in [1.29, 1.82) is 0 Å². The van der Waals surface area contributed by atoms with Gasteiger partial charge in [-0.05, 0) is 55.4 Å². The molecule has 0 saturated carbocycles. The van der Waals surface area contributed by atoms with Crippen molar-refractivity contribution in [3.05, 3.63) is 70.4 Å². The van der Waals surface area contributed by atoms with Crippen LogP contribution in [-0.4, -0.2) is 34.0 Å². The molecule has 0 aliphatic carbocycles.